The minimum Gasteiger partial charge on any atom is -0.462 e. The van der Waals surface area contributed by atoms with Crippen LogP contribution in [0.15, 0.2) is 36.8 Å². The zero-order chi connectivity index (χ0) is 15.1. The van der Waals surface area contributed by atoms with E-state index in [1.807, 2.05) is 31.6 Å². The van der Waals surface area contributed by atoms with E-state index in [2.05, 4.69) is 21.8 Å². The van der Waals surface area contributed by atoms with Gasteiger partial charge in [0, 0.05) is 18.4 Å². The van der Waals surface area contributed by atoms with Gasteiger partial charge in [-0.3, -0.25) is 0 Å². The third-order valence-corrected chi connectivity index (χ3v) is 3.17. The van der Waals surface area contributed by atoms with Gasteiger partial charge in [-0.05, 0) is 37.6 Å². The first kappa shape index (κ1) is 15.1. The second-order valence-corrected chi connectivity index (χ2v) is 4.74. The number of aryl methyl sites for hydroxylation is 1. The molecule has 0 radical (unpaired) electrons. The minimum absolute atomic E-state index is 0.271. The predicted octanol–water partition coefficient (Wildman–Crippen LogP) is 3.08. The van der Waals surface area contributed by atoms with Crippen molar-refractivity contribution in [2.24, 2.45) is 0 Å². The maximum absolute atomic E-state index is 11.7. The SMILES string of the molecule is CCCOC(=O)c1ccc(NCc2cncn2CC)cc1. The van der Waals surface area contributed by atoms with Crippen LogP contribution >= 0.6 is 0 Å². The highest BCUT2D eigenvalue weighted by Gasteiger charge is 2.06. The highest BCUT2D eigenvalue weighted by atomic mass is 16.5. The topological polar surface area (TPSA) is 56.1 Å². The van der Waals surface area contributed by atoms with Gasteiger partial charge < -0.3 is 14.6 Å². The van der Waals surface area contributed by atoms with Crippen molar-refractivity contribution in [2.45, 2.75) is 33.4 Å². The van der Waals surface area contributed by atoms with Crippen LogP contribution in [-0.2, 0) is 17.8 Å². The molecular formula is C16H21N3O2. The molecule has 0 atom stereocenters. The fourth-order valence-corrected chi connectivity index (χ4v) is 1.97. The lowest BCUT2D eigenvalue weighted by Gasteiger charge is -2.09. The molecule has 1 N–H and O–H groups in total. The van der Waals surface area contributed by atoms with Gasteiger partial charge in [-0.25, -0.2) is 9.78 Å². The summed E-state index contributed by atoms with van der Waals surface area (Å²) in [5.41, 5.74) is 2.67. The zero-order valence-electron chi connectivity index (χ0n) is 12.5. The first-order valence-electron chi connectivity index (χ1n) is 7.24. The third kappa shape index (κ3) is 4.08. The smallest absolute Gasteiger partial charge is 0.338 e. The predicted molar refractivity (Wildman–Crippen MR) is 82.2 cm³/mol. The Kier molecular flexibility index (Phi) is 5.37. The van der Waals surface area contributed by atoms with E-state index in [0.29, 0.717) is 18.7 Å². The number of esters is 1. The average molecular weight is 287 g/mol. The summed E-state index contributed by atoms with van der Waals surface area (Å²) in [7, 11) is 0. The summed E-state index contributed by atoms with van der Waals surface area (Å²) in [4.78, 5) is 15.8. The van der Waals surface area contributed by atoms with Crippen LogP contribution in [0, 0.1) is 0 Å². The van der Waals surface area contributed by atoms with Crippen LogP contribution in [-0.4, -0.2) is 22.1 Å². The van der Waals surface area contributed by atoms with Crippen molar-refractivity contribution in [3.8, 4) is 0 Å². The van der Waals surface area contributed by atoms with Crippen LogP contribution in [0.25, 0.3) is 0 Å². The first-order valence-corrected chi connectivity index (χ1v) is 7.24. The molecule has 0 saturated heterocycles. The number of nitrogens with one attached hydrogen (secondary N) is 1. The molecule has 112 valence electrons. The Bertz CT molecular complexity index is 575. The van der Waals surface area contributed by atoms with E-state index in [1.165, 1.54) is 0 Å². The monoisotopic (exact) mass is 287 g/mol. The van der Waals surface area contributed by atoms with Crippen LogP contribution in [0.5, 0.6) is 0 Å². The summed E-state index contributed by atoms with van der Waals surface area (Å²) in [6, 6.07) is 7.32. The highest BCUT2D eigenvalue weighted by Crippen LogP contribution is 2.12. The number of ether oxygens (including phenoxy) is 1. The van der Waals surface area contributed by atoms with E-state index in [-0.39, 0.29) is 5.97 Å². The van der Waals surface area contributed by atoms with Gasteiger partial charge >= 0.3 is 5.97 Å². The molecule has 1 aromatic carbocycles. The summed E-state index contributed by atoms with van der Waals surface area (Å²) in [6.45, 7) is 6.12. The number of imidazole rings is 1. The normalized spacial score (nSPS) is 10.4. The van der Waals surface area contributed by atoms with E-state index in [4.69, 9.17) is 4.74 Å². The third-order valence-electron chi connectivity index (χ3n) is 3.17. The standard InChI is InChI=1S/C16H21N3O2/c1-3-9-21-16(20)13-5-7-14(8-6-13)18-11-15-10-17-12-19(15)4-2/h5-8,10,12,18H,3-4,9,11H2,1-2H3. The van der Waals surface area contributed by atoms with Gasteiger partial charge in [-0.15, -0.1) is 0 Å². The average Bonchev–Trinajstić information content (AvgIpc) is 2.98. The van der Waals surface area contributed by atoms with Gasteiger partial charge in [0.05, 0.1) is 30.7 Å². The van der Waals surface area contributed by atoms with E-state index in [9.17, 15) is 4.79 Å². The Morgan fingerprint density at radius 1 is 1.29 bits per heavy atom. The quantitative estimate of drug-likeness (QED) is 0.795. The van der Waals surface area contributed by atoms with E-state index >= 15 is 0 Å². The number of carbonyl (C=O) groups is 1. The minimum atomic E-state index is -0.271. The van der Waals surface area contributed by atoms with Gasteiger partial charge in [-0.1, -0.05) is 6.92 Å². The molecule has 0 amide bonds. The van der Waals surface area contributed by atoms with Gasteiger partial charge in [-0.2, -0.15) is 0 Å². The molecule has 2 rings (SSSR count). The fourth-order valence-electron chi connectivity index (χ4n) is 1.97. The number of hydrogen-bond acceptors (Lipinski definition) is 4. The Morgan fingerprint density at radius 3 is 2.71 bits per heavy atom. The lowest BCUT2D eigenvalue weighted by molar-refractivity contribution is 0.0505. The second kappa shape index (κ2) is 7.47. The van der Waals surface area contributed by atoms with Gasteiger partial charge in [0.1, 0.15) is 0 Å². The van der Waals surface area contributed by atoms with Crippen molar-refractivity contribution in [1.82, 2.24) is 9.55 Å². The van der Waals surface area contributed by atoms with Crippen LogP contribution in [0.4, 0.5) is 5.69 Å². The lowest BCUT2D eigenvalue weighted by atomic mass is 10.2. The van der Waals surface area contributed by atoms with Crippen LogP contribution in [0.1, 0.15) is 36.3 Å². The van der Waals surface area contributed by atoms with Crippen molar-refractivity contribution >= 4 is 11.7 Å². The van der Waals surface area contributed by atoms with Crippen molar-refractivity contribution in [2.75, 3.05) is 11.9 Å². The molecule has 1 heterocycles. The number of carbonyl (C=O) groups excluding carboxylic acids is 1. The fraction of sp³-hybridized carbons (Fsp3) is 0.375. The van der Waals surface area contributed by atoms with E-state index in [1.54, 1.807) is 12.1 Å². The Hall–Kier alpha value is -2.30. The summed E-state index contributed by atoms with van der Waals surface area (Å²) >= 11 is 0. The van der Waals surface area contributed by atoms with E-state index < -0.39 is 0 Å². The number of aromatic nitrogens is 2. The van der Waals surface area contributed by atoms with Crippen LogP contribution in [0.2, 0.25) is 0 Å². The van der Waals surface area contributed by atoms with Crippen molar-refractivity contribution in [1.29, 1.82) is 0 Å². The van der Waals surface area contributed by atoms with Crippen molar-refractivity contribution in [3.05, 3.63) is 48.0 Å². The molecule has 0 fully saturated rings. The number of rotatable bonds is 7. The summed E-state index contributed by atoms with van der Waals surface area (Å²) in [6.07, 6.45) is 4.51. The Balaban J connectivity index is 1.92. The Morgan fingerprint density at radius 2 is 2.05 bits per heavy atom. The lowest BCUT2D eigenvalue weighted by Crippen LogP contribution is -2.07. The van der Waals surface area contributed by atoms with Gasteiger partial charge in [0.2, 0.25) is 0 Å². The molecular weight excluding hydrogens is 266 g/mol. The molecule has 2 aromatic rings. The largest absolute Gasteiger partial charge is 0.462 e. The number of hydrogen-bond donors (Lipinski definition) is 1. The Labute approximate surface area is 125 Å². The molecule has 0 aliphatic heterocycles. The van der Waals surface area contributed by atoms with Crippen LogP contribution in [0.3, 0.4) is 0 Å². The molecule has 1 aromatic heterocycles. The molecule has 0 saturated carbocycles. The summed E-state index contributed by atoms with van der Waals surface area (Å²) in [5, 5.41) is 3.32. The van der Waals surface area contributed by atoms with Crippen LogP contribution < -0.4 is 5.32 Å². The second-order valence-electron chi connectivity index (χ2n) is 4.74. The van der Waals surface area contributed by atoms with Crippen molar-refractivity contribution in [3.63, 3.8) is 0 Å². The molecule has 0 aliphatic rings. The van der Waals surface area contributed by atoms with Crippen molar-refractivity contribution < 1.29 is 9.53 Å². The highest BCUT2D eigenvalue weighted by molar-refractivity contribution is 5.89. The molecule has 21 heavy (non-hydrogen) atoms. The van der Waals surface area contributed by atoms with E-state index in [0.717, 1.165) is 24.3 Å². The molecule has 0 unspecified atom stereocenters. The number of nitrogens with zero attached hydrogens (tertiary/aromatic N) is 2. The molecule has 5 nitrogen and oxygen atoms in total. The van der Waals surface area contributed by atoms with Gasteiger partial charge in [0.15, 0.2) is 0 Å². The number of benzene rings is 1. The number of anilines is 1. The maximum atomic E-state index is 11.7. The summed E-state index contributed by atoms with van der Waals surface area (Å²) in [5.74, 6) is -0.271. The first-order chi connectivity index (χ1) is 10.2. The summed E-state index contributed by atoms with van der Waals surface area (Å²) < 4.78 is 7.18. The maximum Gasteiger partial charge on any atom is 0.338 e. The molecule has 0 aliphatic carbocycles. The molecule has 5 heteroatoms. The zero-order valence-corrected chi connectivity index (χ0v) is 12.5. The molecule has 0 bridgehead atoms. The van der Waals surface area contributed by atoms with Gasteiger partial charge in [0.25, 0.3) is 0 Å². The molecule has 0 spiro atoms.